The molecule has 0 aliphatic heterocycles. The SMILES string of the molecule is CC(=O)OOc1ccc(Cl)cc1Cl.[Cu]. The Hall–Kier alpha value is -0.411. The van der Waals surface area contributed by atoms with Gasteiger partial charge >= 0.3 is 5.97 Å². The molecule has 0 atom stereocenters. The van der Waals surface area contributed by atoms with Gasteiger partial charge in [0.1, 0.15) is 0 Å². The maximum atomic E-state index is 10.4. The van der Waals surface area contributed by atoms with Gasteiger partial charge in [-0.2, -0.15) is 0 Å². The van der Waals surface area contributed by atoms with Gasteiger partial charge in [0.25, 0.3) is 0 Å². The van der Waals surface area contributed by atoms with Gasteiger partial charge in [0.15, 0.2) is 5.75 Å². The molecule has 0 unspecified atom stereocenters. The number of halogens is 2. The van der Waals surface area contributed by atoms with E-state index in [1.165, 1.54) is 19.1 Å². The Morgan fingerprint density at radius 1 is 1.36 bits per heavy atom. The van der Waals surface area contributed by atoms with E-state index in [4.69, 9.17) is 23.2 Å². The van der Waals surface area contributed by atoms with Crippen LogP contribution < -0.4 is 4.89 Å². The molecule has 1 aromatic rings. The Labute approximate surface area is 102 Å². The first-order chi connectivity index (χ1) is 6.09. The second-order valence-corrected chi connectivity index (χ2v) is 3.08. The minimum absolute atomic E-state index is 0. The maximum absolute atomic E-state index is 10.4. The number of rotatable bonds is 2. The third kappa shape index (κ3) is 4.20. The van der Waals surface area contributed by atoms with Gasteiger partial charge in [-0.15, -0.1) is 0 Å². The van der Waals surface area contributed by atoms with E-state index in [-0.39, 0.29) is 27.8 Å². The van der Waals surface area contributed by atoms with Crippen LogP contribution in [0, 0.1) is 0 Å². The Morgan fingerprint density at radius 3 is 2.50 bits per heavy atom. The Bertz CT molecular complexity index is 330. The quantitative estimate of drug-likeness (QED) is 0.476. The van der Waals surface area contributed by atoms with Crippen LogP contribution in [0.5, 0.6) is 5.75 Å². The smallest absolute Gasteiger partial charge is 0.285 e. The van der Waals surface area contributed by atoms with Crippen molar-refractivity contribution in [2.24, 2.45) is 0 Å². The third-order valence-electron chi connectivity index (χ3n) is 1.14. The van der Waals surface area contributed by atoms with Crippen molar-refractivity contribution in [1.29, 1.82) is 0 Å². The van der Waals surface area contributed by atoms with Gasteiger partial charge in [0, 0.05) is 29.0 Å². The number of carbonyl (C=O) groups is 1. The van der Waals surface area contributed by atoms with Gasteiger partial charge < -0.3 is 0 Å². The average molecular weight is 285 g/mol. The summed E-state index contributed by atoms with van der Waals surface area (Å²) >= 11 is 11.3. The Morgan fingerprint density at radius 2 is 2.00 bits per heavy atom. The number of benzene rings is 1. The fourth-order valence-corrected chi connectivity index (χ4v) is 1.09. The molecule has 0 bridgehead atoms. The van der Waals surface area contributed by atoms with E-state index in [1.54, 1.807) is 6.07 Å². The molecule has 0 saturated carbocycles. The second-order valence-electron chi connectivity index (χ2n) is 2.23. The van der Waals surface area contributed by atoms with Crippen molar-refractivity contribution in [2.75, 3.05) is 0 Å². The molecule has 0 aliphatic carbocycles. The maximum Gasteiger partial charge on any atom is 0.352 e. The van der Waals surface area contributed by atoms with Crippen LogP contribution in [0.3, 0.4) is 0 Å². The van der Waals surface area contributed by atoms with Crippen molar-refractivity contribution in [2.45, 2.75) is 6.92 Å². The first kappa shape index (κ1) is 13.6. The Kier molecular flexibility index (Phi) is 5.96. The summed E-state index contributed by atoms with van der Waals surface area (Å²) in [7, 11) is 0. The van der Waals surface area contributed by atoms with Crippen LogP contribution in [0.1, 0.15) is 6.92 Å². The van der Waals surface area contributed by atoms with Crippen LogP contribution in [0.2, 0.25) is 10.0 Å². The number of hydrogen-bond donors (Lipinski definition) is 0. The van der Waals surface area contributed by atoms with Crippen LogP contribution in [-0.4, -0.2) is 5.97 Å². The zero-order valence-electron chi connectivity index (χ0n) is 7.01. The predicted molar refractivity (Wildman–Crippen MR) is 48.9 cm³/mol. The van der Waals surface area contributed by atoms with Gasteiger partial charge in [-0.1, -0.05) is 23.2 Å². The summed E-state index contributed by atoms with van der Waals surface area (Å²) in [6.45, 7) is 1.23. The van der Waals surface area contributed by atoms with E-state index in [1.807, 2.05) is 0 Å². The number of carbonyl (C=O) groups excluding carboxylic acids is 1. The molecule has 1 aromatic carbocycles. The van der Waals surface area contributed by atoms with Crippen molar-refractivity contribution < 1.29 is 31.6 Å². The normalized spacial score (nSPS) is 8.79. The van der Waals surface area contributed by atoms with Gasteiger partial charge in [0.05, 0.1) is 5.02 Å². The molecule has 81 valence electrons. The van der Waals surface area contributed by atoms with Gasteiger partial charge in [0.2, 0.25) is 0 Å². The van der Waals surface area contributed by atoms with Crippen molar-refractivity contribution in [3.63, 3.8) is 0 Å². The predicted octanol–water partition coefficient (Wildman–Crippen LogP) is 2.85. The summed E-state index contributed by atoms with van der Waals surface area (Å²) in [6, 6.07) is 4.57. The van der Waals surface area contributed by atoms with E-state index in [0.29, 0.717) is 5.02 Å². The molecule has 0 amide bonds. The molecule has 0 heterocycles. The number of hydrogen-bond acceptors (Lipinski definition) is 3. The molecule has 0 N–H and O–H groups in total. The fourth-order valence-electron chi connectivity index (χ4n) is 0.646. The van der Waals surface area contributed by atoms with E-state index in [0.717, 1.165) is 0 Å². The van der Waals surface area contributed by atoms with E-state index >= 15 is 0 Å². The van der Waals surface area contributed by atoms with Crippen LogP contribution in [0.4, 0.5) is 0 Å². The van der Waals surface area contributed by atoms with Crippen LogP contribution >= 0.6 is 23.2 Å². The molecule has 3 nitrogen and oxygen atoms in total. The van der Waals surface area contributed by atoms with Crippen LogP contribution in [-0.2, 0) is 26.8 Å². The molecule has 0 aliphatic rings. The van der Waals surface area contributed by atoms with Crippen LogP contribution in [0.25, 0.3) is 0 Å². The molecule has 0 spiro atoms. The van der Waals surface area contributed by atoms with Crippen molar-refractivity contribution in [3.8, 4) is 5.75 Å². The van der Waals surface area contributed by atoms with E-state index in [9.17, 15) is 4.79 Å². The fraction of sp³-hybridized carbons (Fsp3) is 0.125. The largest absolute Gasteiger partial charge is 0.352 e. The summed E-state index contributed by atoms with van der Waals surface area (Å²) in [5.74, 6) is -0.299. The summed E-state index contributed by atoms with van der Waals surface area (Å²) in [6.07, 6.45) is 0. The molecule has 6 heteroatoms. The van der Waals surface area contributed by atoms with E-state index in [2.05, 4.69) is 9.78 Å². The molecular formula is C8H6Cl2CuO3. The summed E-state index contributed by atoms with van der Waals surface area (Å²) in [5, 5.41) is 0.772. The van der Waals surface area contributed by atoms with Crippen molar-refractivity contribution in [1.82, 2.24) is 0 Å². The minimum Gasteiger partial charge on any atom is -0.285 e. The molecular weight excluding hydrogens is 279 g/mol. The summed E-state index contributed by atoms with van der Waals surface area (Å²) in [5.41, 5.74) is 0. The van der Waals surface area contributed by atoms with Gasteiger partial charge in [-0.05, 0) is 18.2 Å². The molecule has 0 aromatic heterocycles. The molecule has 0 fully saturated rings. The minimum atomic E-state index is -0.550. The molecule has 1 radical (unpaired) electrons. The summed E-state index contributed by atoms with van der Waals surface area (Å²) in [4.78, 5) is 19.3. The molecule has 0 saturated heterocycles. The van der Waals surface area contributed by atoms with Gasteiger partial charge in [-0.3, -0.25) is 9.78 Å². The monoisotopic (exact) mass is 283 g/mol. The topological polar surface area (TPSA) is 35.5 Å². The van der Waals surface area contributed by atoms with Crippen molar-refractivity contribution >= 4 is 29.2 Å². The third-order valence-corrected chi connectivity index (χ3v) is 1.67. The van der Waals surface area contributed by atoms with Gasteiger partial charge in [-0.25, -0.2) is 4.79 Å². The average Bonchev–Trinajstić information content (AvgIpc) is 2.02. The second kappa shape index (κ2) is 6.14. The van der Waals surface area contributed by atoms with Crippen LogP contribution in [0.15, 0.2) is 18.2 Å². The molecule has 1 rings (SSSR count). The van der Waals surface area contributed by atoms with Crippen molar-refractivity contribution in [3.05, 3.63) is 28.2 Å². The first-order valence-corrected chi connectivity index (χ1v) is 4.15. The first-order valence-electron chi connectivity index (χ1n) is 3.40. The zero-order chi connectivity index (χ0) is 9.84. The molecule has 14 heavy (non-hydrogen) atoms. The Balaban J connectivity index is 0.00000169. The standard InChI is InChI=1S/C8H6Cl2O3.Cu/c1-5(11)12-13-8-3-2-6(9)4-7(8)10;/h2-4H,1H3;. The summed E-state index contributed by atoms with van der Waals surface area (Å²) < 4.78 is 0. The van der Waals surface area contributed by atoms with E-state index < -0.39 is 5.97 Å². The zero-order valence-corrected chi connectivity index (χ0v) is 9.47.